The highest BCUT2D eigenvalue weighted by Gasteiger charge is 2.49. The molecule has 3 atom stereocenters. The lowest BCUT2D eigenvalue weighted by Crippen LogP contribution is -2.55. The first-order valence-electron chi connectivity index (χ1n) is 12.8. The van der Waals surface area contributed by atoms with Gasteiger partial charge in [-0.05, 0) is 61.7 Å². The number of aryl methyl sites for hydroxylation is 1. The van der Waals surface area contributed by atoms with Crippen molar-refractivity contribution >= 4 is 17.5 Å². The quantitative estimate of drug-likeness (QED) is 0.237. The minimum atomic E-state index is -0.855. The maximum absolute atomic E-state index is 13.3. The molecule has 0 aliphatic carbocycles. The number of nitrogens with zero attached hydrogens (tertiary/aromatic N) is 1. The number of amides is 2. The van der Waals surface area contributed by atoms with Gasteiger partial charge in [0.15, 0.2) is 6.61 Å². The van der Waals surface area contributed by atoms with E-state index in [9.17, 15) is 24.2 Å². The van der Waals surface area contributed by atoms with E-state index in [4.69, 9.17) is 9.47 Å². The predicted molar refractivity (Wildman–Crippen MR) is 144 cm³/mol. The molecule has 3 N–H and O–H groups in total. The summed E-state index contributed by atoms with van der Waals surface area (Å²) in [6.07, 6.45) is -0.198. The van der Waals surface area contributed by atoms with Gasteiger partial charge in [-0.15, -0.1) is 0 Å². The highest BCUT2D eigenvalue weighted by atomic mass is 19.1. The number of nitrogens with one attached hydrogen (secondary N) is 1. The first-order valence-corrected chi connectivity index (χ1v) is 12.8. The number of carbonyl (C=O) groups excluding carboxylic acids is 2. The van der Waals surface area contributed by atoms with E-state index in [2.05, 4.69) is 5.32 Å². The summed E-state index contributed by atoms with van der Waals surface area (Å²) in [4.78, 5) is 26.9. The van der Waals surface area contributed by atoms with Crippen LogP contribution in [-0.2, 0) is 14.3 Å². The smallest absolute Gasteiger partial charge is 0.258 e. The zero-order valence-corrected chi connectivity index (χ0v) is 22.0. The molecule has 2 amide bonds. The summed E-state index contributed by atoms with van der Waals surface area (Å²) in [5, 5.41) is 24.2. The van der Waals surface area contributed by atoms with Crippen molar-refractivity contribution < 1.29 is 33.7 Å². The van der Waals surface area contributed by atoms with E-state index in [0.29, 0.717) is 48.6 Å². The molecule has 0 spiro atoms. The Morgan fingerprint density at radius 3 is 2.49 bits per heavy atom. The highest BCUT2D eigenvalue weighted by molar-refractivity contribution is 6.03. The Balaban J connectivity index is 1.50. The molecule has 39 heavy (non-hydrogen) atoms. The molecule has 0 radical (unpaired) electrons. The Kier molecular flexibility index (Phi) is 9.16. The topological polar surface area (TPSA) is 108 Å². The molecule has 1 fully saturated rings. The first kappa shape index (κ1) is 28.1. The molecule has 3 aromatic carbocycles. The van der Waals surface area contributed by atoms with Crippen LogP contribution in [-0.4, -0.2) is 48.9 Å². The van der Waals surface area contributed by atoms with Crippen LogP contribution in [0.25, 0.3) is 0 Å². The van der Waals surface area contributed by atoms with Crippen molar-refractivity contribution in [3.8, 4) is 11.5 Å². The summed E-state index contributed by atoms with van der Waals surface area (Å²) in [6.45, 7) is 2.50. The Morgan fingerprint density at radius 1 is 1.10 bits per heavy atom. The third-order valence-corrected chi connectivity index (χ3v) is 6.85. The number of halogens is 1. The van der Waals surface area contributed by atoms with Gasteiger partial charge in [0.2, 0.25) is 5.91 Å². The third kappa shape index (κ3) is 6.74. The molecular formula is C30H33FN2O6. The number of hydrogen-bond acceptors (Lipinski definition) is 6. The minimum Gasteiger partial charge on any atom is -0.507 e. The van der Waals surface area contributed by atoms with E-state index in [-0.39, 0.29) is 30.0 Å². The van der Waals surface area contributed by atoms with Crippen LogP contribution < -0.4 is 15.0 Å². The fourth-order valence-electron chi connectivity index (χ4n) is 4.72. The Hall–Kier alpha value is -3.95. The molecule has 9 heteroatoms. The number of hydrogen-bond donors (Lipinski definition) is 3. The molecule has 8 nitrogen and oxygen atoms in total. The van der Waals surface area contributed by atoms with Gasteiger partial charge in [0.1, 0.15) is 17.3 Å². The zero-order chi connectivity index (χ0) is 27.9. The molecule has 3 unspecified atom stereocenters. The number of aromatic hydroxyl groups is 1. The van der Waals surface area contributed by atoms with Crippen LogP contribution in [0.4, 0.5) is 10.1 Å². The lowest BCUT2D eigenvalue weighted by atomic mass is 9.78. The number of rotatable bonds is 12. The first-order chi connectivity index (χ1) is 18.8. The van der Waals surface area contributed by atoms with E-state index in [1.165, 1.54) is 30.3 Å². The highest BCUT2D eigenvalue weighted by Crippen LogP contribution is 2.49. The molecule has 206 valence electrons. The normalized spacial score (nSPS) is 17.4. The largest absolute Gasteiger partial charge is 0.507 e. The Morgan fingerprint density at radius 2 is 1.82 bits per heavy atom. The Labute approximate surface area is 227 Å². The van der Waals surface area contributed by atoms with Gasteiger partial charge in [0, 0.05) is 31.0 Å². The maximum Gasteiger partial charge on any atom is 0.258 e. The molecule has 0 aromatic heterocycles. The number of benzene rings is 3. The number of β-lactam (4-membered cyclic amide) rings is 1. The summed E-state index contributed by atoms with van der Waals surface area (Å²) >= 11 is 0. The summed E-state index contributed by atoms with van der Waals surface area (Å²) in [7, 11) is 1.54. The fourth-order valence-corrected chi connectivity index (χ4v) is 4.72. The Bertz CT molecular complexity index is 1280. The molecule has 3 aromatic rings. The minimum absolute atomic E-state index is 0.0639. The number of aliphatic hydroxyl groups is 1. The van der Waals surface area contributed by atoms with E-state index in [1.807, 2.05) is 31.2 Å². The zero-order valence-electron chi connectivity index (χ0n) is 22.0. The van der Waals surface area contributed by atoms with Crippen LogP contribution in [0.1, 0.15) is 41.7 Å². The standard InChI is InChI=1S/C30H33FN2O6/c1-19-3-9-22(10-4-19)33-29(25(30(33)37)13-14-26(34)20-5-7-21(31)8-6-20)24-12-11-23(17-27(24)35)39-18-28(36)32-15-16-38-2/h3-12,17,25-26,29,34-35H,13-16,18H2,1-2H3,(H,32,36). The molecule has 4 rings (SSSR count). The van der Waals surface area contributed by atoms with Crippen molar-refractivity contribution in [3.05, 3.63) is 89.2 Å². The second-order valence-corrected chi connectivity index (χ2v) is 9.59. The van der Waals surface area contributed by atoms with Crippen LogP contribution in [0.3, 0.4) is 0 Å². The van der Waals surface area contributed by atoms with Crippen LogP contribution in [0.5, 0.6) is 11.5 Å². The number of methoxy groups -OCH3 is 1. The second kappa shape index (κ2) is 12.7. The van der Waals surface area contributed by atoms with Gasteiger partial charge in [-0.1, -0.05) is 29.8 Å². The number of carbonyl (C=O) groups is 2. The van der Waals surface area contributed by atoms with Gasteiger partial charge >= 0.3 is 0 Å². The molecule has 1 saturated heterocycles. The van der Waals surface area contributed by atoms with Gasteiger partial charge in [-0.25, -0.2) is 4.39 Å². The maximum atomic E-state index is 13.3. The molecule has 0 bridgehead atoms. The van der Waals surface area contributed by atoms with Crippen LogP contribution >= 0.6 is 0 Å². The lowest BCUT2D eigenvalue weighted by molar-refractivity contribution is -0.131. The molecule has 1 heterocycles. The third-order valence-electron chi connectivity index (χ3n) is 6.85. The van der Waals surface area contributed by atoms with Crippen molar-refractivity contribution in [1.29, 1.82) is 0 Å². The van der Waals surface area contributed by atoms with Crippen LogP contribution in [0, 0.1) is 18.7 Å². The summed E-state index contributed by atoms with van der Waals surface area (Å²) < 4.78 is 23.7. The van der Waals surface area contributed by atoms with Crippen molar-refractivity contribution in [3.63, 3.8) is 0 Å². The average molecular weight is 537 g/mol. The van der Waals surface area contributed by atoms with Gasteiger partial charge < -0.3 is 29.9 Å². The lowest BCUT2D eigenvalue weighted by Gasteiger charge is -2.48. The predicted octanol–water partition coefficient (Wildman–Crippen LogP) is 4.20. The summed E-state index contributed by atoms with van der Waals surface area (Å²) in [6, 6.07) is 17.5. The van der Waals surface area contributed by atoms with Crippen molar-refractivity contribution in [2.45, 2.75) is 31.9 Å². The van der Waals surface area contributed by atoms with Crippen LogP contribution in [0.15, 0.2) is 66.7 Å². The number of phenolic OH excluding ortho intramolecular Hbond substituents is 1. The van der Waals surface area contributed by atoms with Gasteiger partial charge in [0.05, 0.1) is 24.7 Å². The average Bonchev–Trinajstić information content (AvgIpc) is 2.92. The summed E-state index contributed by atoms with van der Waals surface area (Å²) in [5.41, 5.74) is 2.87. The number of anilines is 1. The molecular weight excluding hydrogens is 503 g/mol. The molecule has 1 aliphatic heterocycles. The van der Waals surface area contributed by atoms with Crippen molar-refractivity contribution in [2.75, 3.05) is 31.8 Å². The number of phenols is 1. The fraction of sp³-hybridized carbons (Fsp3) is 0.333. The SMILES string of the molecule is COCCNC(=O)COc1ccc(C2C(CCC(O)c3ccc(F)cc3)C(=O)N2c2ccc(C)cc2)c(O)c1. The van der Waals surface area contributed by atoms with Gasteiger partial charge in [0.25, 0.3) is 5.91 Å². The summed E-state index contributed by atoms with van der Waals surface area (Å²) in [5.74, 6) is -1.04. The van der Waals surface area contributed by atoms with Crippen molar-refractivity contribution in [2.24, 2.45) is 5.92 Å². The van der Waals surface area contributed by atoms with Crippen molar-refractivity contribution in [1.82, 2.24) is 5.32 Å². The van der Waals surface area contributed by atoms with Crippen LogP contribution in [0.2, 0.25) is 0 Å². The van der Waals surface area contributed by atoms with E-state index in [1.54, 1.807) is 24.1 Å². The van der Waals surface area contributed by atoms with E-state index < -0.39 is 18.1 Å². The van der Waals surface area contributed by atoms with Gasteiger partial charge in [-0.3, -0.25) is 9.59 Å². The van der Waals surface area contributed by atoms with Gasteiger partial charge in [-0.2, -0.15) is 0 Å². The number of ether oxygens (including phenoxy) is 2. The monoisotopic (exact) mass is 536 g/mol. The number of aliphatic hydroxyl groups excluding tert-OH is 1. The molecule has 0 saturated carbocycles. The molecule has 1 aliphatic rings. The second-order valence-electron chi connectivity index (χ2n) is 9.59. The van der Waals surface area contributed by atoms with E-state index in [0.717, 1.165) is 5.56 Å². The van der Waals surface area contributed by atoms with E-state index >= 15 is 0 Å².